The van der Waals surface area contributed by atoms with Crippen molar-refractivity contribution in [3.05, 3.63) is 35.4 Å². The van der Waals surface area contributed by atoms with E-state index in [9.17, 15) is 8.42 Å². The second kappa shape index (κ2) is 6.87. The lowest BCUT2D eigenvalue weighted by molar-refractivity contribution is 0.173. The quantitative estimate of drug-likeness (QED) is 0.723. The molecule has 118 valence electrons. The van der Waals surface area contributed by atoms with Crippen LogP contribution in [0.5, 0.6) is 0 Å². The highest BCUT2D eigenvalue weighted by molar-refractivity contribution is 7.88. The van der Waals surface area contributed by atoms with Gasteiger partial charge >= 0.3 is 0 Å². The van der Waals surface area contributed by atoms with E-state index in [0.717, 1.165) is 24.8 Å². The molecule has 0 radical (unpaired) electrons. The molecular formula is C15H23NO4S. The van der Waals surface area contributed by atoms with Crippen LogP contribution in [0.25, 0.3) is 0 Å². The van der Waals surface area contributed by atoms with Gasteiger partial charge in [-0.2, -0.15) is 0 Å². The number of nitrogens with one attached hydrogen (secondary N) is 1. The Bertz CT molecular complexity index is 567. The van der Waals surface area contributed by atoms with Gasteiger partial charge in [-0.3, -0.25) is 0 Å². The fourth-order valence-corrected chi connectivity index (χ4v) is 3.61. The zero-order valence-electron chi connectivity index (χ0n) is 12.3. The number of hydrogen-bond acceptors (Lipinski definition) is 4. The van der Waals surface area contributed by atoms with Crippen LogP contribution in [-0.2, 0) is 27.1 Å². The number of aliphatic hydroxyl groups excluding tert-OH is 1. The van der Waals surface area contributed by atoms with E-state index in [-0.39, 0.29) is 17.8 Å². The molecule has 0 aliphatic heterocycles. The van der Waals surface area contributed by atoms with Crippen molar-refractivity contribution in [2.24, 2.45) is 5.41 Å². The van der Waals surface area contributed by atoms with Crippen molar-refractivity contribution >= 4 is 10.0 Å². The molecule has 5 nitrogen and oxygen atoms in total. The molecule has 1 fully saturated rings. The number of sulfonamides is 1. The van der Waals surface area contributed by atoms with Gasteiger partial charge in [0.05, 0.1) is 12.4 Å². The molecule has 1 aromatic carbocycles. The summed E-state index contributed by atoms with van der Waals surface area (Å²) in [5.74, 6) is -0.0544. The van der Waals surface area contributed by atoms with E-state index in [1.165, 1.54) is 0 Å². The zero-order chi connectivity index (χ0) is 15.3. The fraction of sp³-hybridized carbons (Fsp3) is 0.600. The lowest BCUT2D eigenvalue weighted by Gasteiger charge is -2.15. The summed E-state index contributed by atoms with van der Waals surface area (Å²) in [5.41, 5.74) is 1.51. The van der Waals surface area contributed by atoms with Crippen LogP contribution >= 0.6 is 0 Å². The lowest BCUT2D eigenvalue weighted by atomic mass is 10.0. The Morgan fingerprint density at radius 3 is 2.67 bits per heavy atom. The van der Waals surface area contributed by atoms with E-state index in [4.69, 9.17) is 9.84 Å². The first kappa shape index (κ1) is 16.4. The van der Waals surface area contributed by atoms with Gasteiger partial charge in [-0.05, 0) is 35.8 Å². The summed E-state index contributed by atoms with van der Waals surface area (Å²) in [6.07, 6.45) is 3.00. The Hall–Kier alpha value is -0.950. The van der Waals surface area contributed by atoms with Gasteiger partial charge < -0.3 is 9.84 Å². The van der Waals surface area contributed by atoms with E-state index < -0.39 is 10.0 Å². The molecule has 0 atom stereocenters. The number of hydrogen-bond donors (Lipinski definition) is 2. The molecule has 0 spiro atoms. The fourth-order valence-electron chi connectivity index (χ4n) is 2.36. The maximum absolute atomic E-state index is 12.1. The number of rotatable bonds is 9. The van der Waals surface area contributed by atoms with E-state index >= 15 is 0 Å². The molecule has 1 aromatic rings. The van der Waals surface area contributed by atoms with E-state index in [1.807, 2.05) is 0 Å². The number of ether oxygens (including phenoxy) is 1. The van der Waals surface area contributed by atoms with Crippen molar-refractivity contribution in [2.45, 2.75) is 31.6 Å². The molecule has 1 aliphatic carbocycles. The summed E-state index contributed by atoms with van der Waals surface area (Å²) in [6.45, 7) is 1.07. The van der Waals surface area contributed by atoms with Crippen molar-refractivity contribution in [1.29, 1.82) is 0 Å². The van der Waals surface area contributed by atoms with Gasteiger partial charge in [0.25, 0.3) is 0 Å². The van der Waals surface area contributed by atoms with Crippen LogP contribution in [0.15, 0.2) is 24.3 Å². The predicted octanol–water partition coefficient (Wildman–Crippen LogP) is 1.41. The number of methoxy groups -OCH3 is 1. The van der Waals surface area contributed by atoms with Crippen molar-refractivity contribution in [3.8, 4) is 0 Å². The standard InChI is InChI=1S/C15H23NO4S/c1-20-8-7-15(5-6-15)12-16-21(18,19)11-14-4-2-3-13(9-14)10-17/h2-4,9,16-17H,5-8,10-12H2,1H3. The van der Waals surface area contributed by atoms with E-state index in [0.29, 0.717) is 18.7 Å². The first-order valence-electron chi connectivity index (χ1n) is 7.14. The SMILES string of the molecule is COCCC1(CNS(=O)(=O)Cc2cccc(CO)c2)CC1. The van der Waals surface area contributed by atoms with Crippen LogP contribution in [0, 0.1) is 5.41 Å². The summed E-state index contributed by atoms with van der Waals surface area (Å²) >= 11 is 0. The molecule has 0 bridgehead atoms. The number of benzene rings is 1. The Morgan fingerprint density at radius 1 is 1.33 bits per heavy atom. The Labute approximate surface area is 126 Å². The monoisotopic (exact) mass is 313 g/mol. The van der Waals surface area contributed by atoms with Gasteiger partial charge in [-0.15, -0.1) is 0 Å². The molecule has 1 saturated carbocycles. The highest BCUT2D eigenvalue weighted by atomic mass is 32.2. The van der Waals surface area contributed by atoms with E-state index in [1.54, 1.807) is 31.4 Å². The first-order valence-corrected chi connectivity index (χ1v) is 8.79. The van der Waals surface area contributed by atoms with Crippen LogP contribution in [0.2, 0.25) is 0 Å². The second-order valence-electron chi connectivity index (χ2n) is 5.80. The van der Waals surface area contributed by atoms with Gasteiger partial charge in [0.15, 0.2) is 0 Å². The highest BCUT2D eigenvalue weighted by Gasteiger charge is 2.42. The lowest BCUT2D eigenvalue weighted by Crippen LogP contribution is -2.31. The van der Waals surface area contributed by atoms with Crippen LogP contribution in [0.3, 0.4) is 0 Å². The Kier molecular flexibility index (Phi) is 5.37. The normalized spacial score (nSPS) is 16.9. The van der Waals surface area contributed by atoms with Crippen molar-refractivity contribution in [3.63, 3.8) is 0 Å². The maximum Gasteiger partial charge on any atom is 0.215 e. The molecule has 0 saturated heterocycles. The van der Waals surface area contributed by atoms with Gasteiger partial charge in [-0.25, -0.2) is 13.1 Å². The number of aliphatic hydroxyl groups is 1. The average molecular weight is 313 g/mol. The molecular weight excluding hydrogens is 290 g/mol. The summed E-state index contributed by atoms with van der Waals surface area (Å²) in [5, 5.41) is 9.08. The molecule has 6 heteroatoms. The smallest absolute Gasteiger partial charge is 0.215 e. The minimum atomic E-state index is -3.35. The Morgan fingerprint density at radius 2 is 2.05 bits per heavy atom. The average Bonchev–Trinajstić information content (AvgIpc) is 3.24. The van der Waals surface area contributed by atoms with Crippen molar-refractivity contribution in [1.82, 2.24) is 4.72 Å². The molecule has 2 N–H and O–H groups in total. The van der Waals surface area contributed by atoms with Gasteiger partial charge in [0, 0.05) is 20.3 Å². The van der Waals surface area contributed by atoms with Gasteiger partial charge in [-0.1, -0.05) is 24.3 Å². The second-order valence-corrected chi connectivity index (χ2v) is 7.61. The van der Waals surface area contributed by atoms with Crippen LogP contribution in [0.4, 0.5) is 0 Å². The summed E-state index contributed by atoms with van der Waals surface area (Å²) in [7, 11) is -1.69. The van der Waals surface area contributed by atoms with Crippen molar-refractivity contribution in [2.75, 3.05) is 20.3 Å². The molecule has 0 amide bonds. The van der Waals surface area contributed by atoms with Crippen LogP contribution in [0.1, 0.15) is 30.4 Å². The summed E-state index contributed by atoms with van der Waals surface area (Å²) in [4.78, 5) is 0. The zero-order valence-corrected chi connectivity index (χ0v) is 13.2. The predicted molar refractivity (Wildman–Crippen MR) is 81.2 cm³/mol. The minimum absolute atomic E-state index is 0.0544. The van der Waals surface area contributed by atoms with Crippen LogP contribution in [-0.4, -0.2) is 33.8 Å². The third kappa shape index (κ3) is 5.07. The van der Waals surface area contributed by atoms with Gasteiger partial charge in [0.2, 0.25) is 10.0 Å². The molecule has 0 heterocycles. The topological polar surface area (TPSA) is 75.6 Å². The Balaban J connectivity index is 1.90. The third-order valence-electron chi connectivity index (χ3n) is 3.99. The van der Waals surface area contributed by atoms with Gasteiger partial charge in [0.1, 0.15) is 0 Å². The maximum atomic E-state index is 12.1. The minimum Gasteiger partial charge on any atom is -0.392 e. The largest absolute Gasteiger partial charge is 0.392 e. The van der Waals surface area contributed by atoms with Crippen LogP contribution < -0.4 is 4.72 Å². The van der Waals surface area contributed by atoms with E-state index in [2.05, 4.69) is 4.72 Å². The molecule has 0 aromatic heterocycles. The van der Waals surface area contributed by atoms with Crippen molar-refractivity contribution < 1.29 is 18.3 Å². The third-order valence-corrected chi connectivity index (χ3v) is 5.29. The summed E-state index contributed by atoms with van der Waals surface area (Å²) < 4.78 is 32.1. The molecule has 2 rings (SSSR count). The summed E-state index contributed by atoms with van der Waals surface area (Å²) in [6, 6.07) is 7.01. The molecule has 0 unspecified atom stereocenters. The first-order chi connectivity index (χ1) is 9.99. The highest BCUT2D eigenvalue weighted by Crippen LogP contribution is 2.48. The molecule has 1 aliphatic rings. The molecule has 21 heavy (non-hydrogen) atoms.